The molecule has 1 heterocycles. The van der Waals surface area contributed by atoms with Crippen molar-refractivity contribution in [2.45, 2.75) is 44.2 Å². The summed E-state index contributed by atoms with van der Waals surface area (Å²) in [5.41, 5.74) is 5.48. The van der Waals surface area contributed by atoms with E-state index in [0.29, 0.717) is 30.6 Å². The Hall–Kier alpha value is -0.680. The Balaban J connectivity index is 1.89. The van der Waals surface area contributed by atoms with Gasteiger partial charge in [-0.2, -0.15) is 0 Å². The fraction of sp³-hybridized carbons (Fsp3) is 0.818. The number of hydrogen-bond acceptors (Lipinski definition) is 3. The van der Waals surface area contributed by atoms with Crippen molar-refractivity contribution in [3.05, 3.63) is 0 Å². The van der Waals surface area contributed by atoms with Crippen LogP contribution in [0.1, 0.15) is 32.1 Å². The lowest BCUT2D eigenvalue weighted by Crippen LogP contribution is -2.41. The summed E-state index contributed by atoms with van der Waals surface area (Å²) in [6.45, 7) is 1.36. The molecule has 16 heavy (non-hydrogen) atoms. The van der Waals surface area contributed by atoms with E-state index in [1.165, 1.54) is 0 Å². The van der Waals surface area contributed by atoms with Gasteiger partial charge in [0.2, 0.25) is 0 Å². The van der Waals surface area contributed by atoms with Gasteiger partial charge in [-0.05, 0) is 25.7 Å². The topological polar surface area (TPSA) is 55.6 Å². The zero-order valence-electron chi connectivity index (χ0n) is 9.35. The first-order chi connectivity index (χ1) is 7.68. The van der Waals surface area contributed by atoms with E-state index >= 15 is 0 Å². The van der Waals surface area contributed by atoms with Gasteiger partial charge in [-0.3, -0.25) is 4.79 Å². The lowest BCUT2D eigenvalue weighted by Gasteiger charge is -2.24. The lowest BCUT2D eigenvalue weighted by molar-refractivity contribution is -0.141. The van der Waals surface area contributed by atoms with E-state index in [-0.39, 0.29) is 12.0 Å². The average molecular weight is 242 g/mol. The molecule has 2 N–H and O–H groups in total. The number of amides is 1. The van der Waals surface area contributed by atoms with E-state index < -0.39 is 0 Å². The Morgan fingerprint density at radius 3 is 2.69 bits per heavy atom. The van der Waals surface area contributed by atoms with Gasteiger partial charge in [0.25, 0.3) is 5.91 Å². The van der Waals surface area contributed by atoms with Crippen molar-refractivity contribution in [3.8, 4) is 0 Å². The molecule has 1 saturated heterocycles. The Kier molecular flexibility index (Phi) is 3.76. The Morgan fingerprint density at radius 1 is 1.44 bits per heavy atom. The van der Waals surface area contributed by atoms with Gasteiger partial charge in [-0.15, -0.1) is 0 Å². The van der Waals surface area contributed by atoms with Crippen LogP contribution < -0.4 is 5.73 Å². The maximum absolute atomic E-state index is 12.2. The molecule has 1 aliphatic carbocycles. The third kappa shape index (κ3) is 2.92. The first-order valence-electron chi connectivity index (χ1n) is 5.89. The number of carbonyl (C=O) groups is 1. The number of nitrogens with two attached hydrogens (primary N) is 1. The Morgan fingerprint density at radius 2 is 2.19 bits per heavy atom. The minimum atomic E-state index is -0.216. The van der Waals surface area contributed by atoms with Crippen molar-refractivity contribution in [2.75, 3.05) is 13.2 Å². The van der Waals surface area contributed by atoms with Gasteiger partial charge < -0.3 is 15.4 Å². The number of rotatable bonds is 5. The molecular formula is C11H18N2O2S. The number of ether oxygens (including phenoxy) is 1. The molecule has 0 aromatic heterocycles. The Labute approximate surface area is 101 Å². The number of thiocarbonyl (C=S) groups is 1. The van der Waals surface area contributed by atoms with E-state index in [9.17, 15) is 4.79 Å². The van der Waals surface area contributed by atoms with Crippen LogP contribution in [0.25, 0.3) is 0 Å². The number of carbonyl (C=O) groups excluding carboxylic acids is 1. The molecule has 1 saturated carbocycles. The lowest BCUT2D eigenvalue weighted by atomic mass is 10.2. The van der Waals surface area contributed by atoms with Crippen molar-refractivity contribution in [1.82, 2.24) is 4.90 Å². The molecule has 1 amide bonds. The van der Waals surface area contributed by atoms with Crippen LogP contribution in [-0.2, 0) is 9.53 Å². The smallest absolute Gasteiger partial charge is 0.251 e. The maximum Gasteiger partial charge on any atom is 0.251 e. The fourth-order valence-electron chi connectivity index (χ4n) is 2.05. The normalized spacial score (nSPS) is 24.4. The zero-order valence-corrected chi connectivity index (χ0v) is 10.2. The van der Waals surface area contributed by atoms with Crippen molar-refractivity contribution in [1.29, 1.82) is 0 Å². The van der Waals surface area contributed by atoms with Crippen LogP contribution in [0, 0.1) is 0 Å². The van der Waals surface area contributed by atoms with Crippen LogP contribution in [0.3, 0.4) is 0 Å². The van der Waals surface area contributed by atoms with E-state index in [1.54, 1.807) is 0 Å². The standard InChI is InChI=1S/C11H18N2O2S/c12-10(16)5-6-13(8-3-4-8)11(14)9-2-1-7-15-9/h8-9H,1-7H2,(H2,12,16). The maximum atomic E-state index is 12.2. The van der Waals surface area contributed by atoms with Crippen LogP contribution in [0.4, 0.5) is 0 Å². The van der Waals surface area contributed by atoms with Crippen LogP contribution in [0.5, 0.6) is 0 Å². The third-order valence-electron chi connectivity index (χ3n) is 3.07. The first-order valence-corrected chi connectivity index (χ1v) is 6.29. The van der Waals surface area contributed by atoms with Crippen LogP contribution >= 0.6 is 12.2 Å². The highest BCUT2D eigenvalue weighted by Crippen LogP contribution is 2.29. The molecular weight excluding hydrogens is 224 g/mol. The molecule has 1 unspecified atom stereocenters. The predicted molar refractivity (Wildman–Crippen MR) is 65.1 cm³/mol. The molecule has 2 fully saturated rings. The molecule has 0 aromatic rings. The number of hydrogen-bond donors (Lipinski definition) is 1. The van der Waals surface area contributed by atoms with Gasteiger partial charge in [-0.25, -0.2) is 0 Å². The van der Waals surface area contributed by atoms with Crippen LogP contribution in [0.2, 0.25) is 0 Å². The van der Waals surface area contributed by atoms with Gasteiger partial charge in [0.05, 0.1) is 4.99 Å². The summed E-state index contributed by atoms with van der Waals surface area (Å²) in [5.74, 6) is 0.135. The Bertz CT molecular complexity index is 286. The molecule has 1 atom stereocenters. The van der Waals surface area contributed by atoms with E-state index in [2.05, 4.69) is 0 Å². The summed E-state index contributed by atoms with van der Waals surface area (Å²) >= 11 is 4.85. The van der Waals surface area contributed by atoms with Crippen molar-refractivity contribution >= 4 is 23.1 Å². The molecule has 0 bridgehead atoms. The second kappa shape index (κ2) is 5.10. The molecule has 0 aromatic carbocycles. The first kappa shape index (κ1) is 11.8. The van der Waals surface area contributed by atoms with Crippen LogP contribution in [-0.4, -0.2) is 41.1 Å². The monoisotopic (exact) mass is 242 g/mol. The summed E-state index contributed by atoms with van der Waals surface area (Å²) < 4.78 is 5.43. The van der Waals surface area contributed by atoms with Crippen LogP contribution in [0.15, 0.2) is 0 Å². The van der Waals surface area contributed by atoms with Crippen molar-refractivity contribution < 1.29 is 9.53 Å². The van der Waals surface area contributed by atoms with E-state index in [0.717, 1.165) is 25.7 Å². The summed E-state index contributed by atoms with van der Waals surface area (Å²) in [5, 5.41) is 0. The molecule has 0 spiro atoms. The predicted octanol–water partition coefficient (Wildman–Crippen LogP) is 0.833. The van der Waals surface area contributed by atoms with Gasteiger partial charge in [-0.1, -0.05) is 12.2 Å². The average Bonchev–Trinajstić information content (AvgIpc) is 2.93. The summed E-state index contributed by atoms with van der Waals surface area (Å²) in [6.07, 6.45) is 4.46. The fourth-order valence-corrected chi connectivity index (χ4v) is 2.14. The number of nitrogens with zero attached hydrogens (tertiary/aromatic N) is 1. The van der Waals surface area contributed by atoms with E-state index in [1.807, 2.05) is 4.90 Å². The molecule has 2 rings (SSSR count). The SMILES string of the molecule is NC(=S)CCN(C(=O)C1CCCO1)C1CC1. The van der Waals surface area contributed by atoms with Gasteiger partial charge in [0.15, 0.2) is 0 Å². The van der Waals surface area contributed by atoms with Gasteiger partial charge in [0, 0.05) is 25.6 Å². The van der Waals surface area contributed by atoms with Crippen molar-refractivity contribution in [2.24, 2.45) is 5.73 Å². The van der Waals surface area contributed by atoms with Gasteiger partial charge >= 0.3 is 0 Å². The molecule has 90 valence electrons. The summed E-state index contributed by atoms with van der Waals surface area (Å²) in [4.78, 5) is 14.5. The highest BCUT2D eigenvalue weighted by atomic mass is 32.1. The molecule has 2 aliphatic rings. The zero-order chi connectivity index (χ0) is 11.5. The molecule has 4 nitrogen and oxygen atoms in total. The quantitative estimate of drug-likeness (QED) is 0.726. The largest absolute Gasteiger partial charge is 0.393 e. The second-order valence-electron chi connectivity index (χ2n) is 4.48. The van der Waals surface area contributed by atoms with E-state index in [4.69, 9.17) is 22.7 Å². The highest BCUT2D eigenvalue weighted by Gasteiger charge is 2.36. The molecule has 1 aliphatic heterocycles. The molecule has 0 radical (unpaired) electrons. The van der Waals surface area contributed by atoms with Crippen molar-refractivity contribution in [3.63, 3.8) is 0 Å². The minimum absolute atomic E-state index is 0.135. The minimum Gasteiger partial charge on any atom is -0.393 e. The summed E-state index contributed by atoms with van der Waals surface area (Å²) in [6, 6.07) is 0.408. The summed E-state index contributed by atoms with van der Waals surface area (Å²) in [7, 11) is 0. The van der Waals surface area contributed by atoms with Gasteiger partial charge in [0.1, 0.15) is 6.10 Å². The second-order valence-corrected chi connectivity index (χ2v) is 5.01. The highest BCUT2D eigenvalue weighted by molar-refractivity contribution is 7.80. The third-order valence-corrected chi connectivity index (χ3v) is 3.28. The molecule has 5 heteroatoms.